The topological polar surface area (TPSA) is 81.7 Å². The highest BCUT2D eigenvalue weighted by atomic mass is 35.5. The minimum Gasteiger partial charge on any atom is -0.452 e. The van der Waals surface area contributed by atoms with Gasteiger partial charge in [-0.25, -0.2) is 4.79 Å². The molecule has 0 saturated heterocycles. The maximum Gasteiger partial charge on any atom is 0.387 e. The number of ether oxygens (including phenoxy) is 2. The number of hydrogen-bond donors (Lipinski definition) is 1. The third kappa shape index (κ3) is 5.52. The van der Waals surface area contributed by atoms with Crippen LogP contribution in [0.25, 0.3) is 0 Å². The van der Waals surface area contributed by atoms with E-state index in [-0.39, 0.29) is 21.9 Å². The van der Waals surface area contributed by atoms with Gasteiger partial charge in [0.2, 0.25) is 0 Å². The molecule has 0 atom stereocenters. The zero-order chi connectivity index (χ0) is 19.1. The molecule has 6 nitrogen and oxygen atoms in total. The van der Waals surface area contributed by atoms with Crippen LogP contribution in [0.3, 0.4) is 0 Å². The molecule has 0 unspecified atom stereocenters. The van der Waals surface area contributed by atoms with E-state index in [9.17, 15) is 23.2 Å². The number of nitrogens with one attached hydrogen (secondary N) is 1. The van der Waals surface area contributed by atoms with Gasteiger partial charge in [-0.1, -0.05) is 23.7 Å². The number of amides is 2. The molecule has 0 spiro atoms. The lowest BCUT2D eigenvalue weighted by Crippen LogP contribution is -2.34. The van der Waals surface area contributed by atoms with Crippen LogP contribution in [0, 0.1) is 0 Å². The Balaban J connectivity index is 1.86. The van der Waals surface area contributed by atoms with Gasteiger partial charge >= 0.3 is 12.6 Å². The Labute approximate surface area is 151 Å². The first kappa shape index (κ1) is 19.3. The van der Waals surface area contributed by atoms with Gasteiger partial charge in [0.25, 0.3) is 11.8 Å². The Morgan fingerprint density at radius 3 is 2.31 bits per heavy atom. The lowest BCUT2D eigenvalue weighted by molar-refractivity contribution is -0.123. The molecule has 0 fully saturated rings. The van der Waals surface area contributed by atoms with Crippen molar-refractivity contribution in [2.75, 3.05) is 6.61 Å². The van der Waals surface area contributed by atoms with Crippen LogP contribution in [0.4, 0.5) is 8.78 Å². The molecule has 0 radical (unpaired) electrons. The number of alkyl halides is 2. The average Bonchev–Trinajstić information content (AvgIpc) is 2.60. The number of hydrogen-bond acceptors (Lipinski definition) is 5. The standard InChI is InChI=1S/C17H12ClF2NO5/c18-13-4-2-1-3-12(13)16(24)25-9-14(22)21-15(23)10-5-7-11(8-6-10)26-17(19)20/h1-8,17H,9H2,(H,21,22,23). The largest absolute Gasteiger partial charge is 0.452 e. The molecular weight excluding hydrogens is 372 g/mol. The number of benzene rings is 2. The molecule has 0 aromatic heterocycles. The summed E-state index contributed by atoms with van der Waals surface area (Å²) in [7, 11) is 0. The maximum atomic E-state index is 12.1. The molecule has 9 heteroatoms. The molecule has 2 aromatic carbocycles. The van der Waals surface area contributed by atoms with E-state index in [0.717, 1.165) is 12.1 Å². The molecule has 2 rings (SSSR count). The average molecular weight is 384 g/mol. The third-order valence-electron chi connectivity index (χ3n) is 3.02. The number of esters is 1. The molecule has 0 aliphatic carbocycles. The fourth-order valence-corrected chi connectivity index (χ4v) is 2.07. The Bertz CT molecular complexity index is 811. The monoisotopic (exact) mass is 383 g/mol. The third-order valence-corrected chi connectivity index (χ3v) is 3.35. The van der Waals surface area contributed by atoms with Crippen LogP contribution >= 0.6 is 11.6 Å². The van der Waals surface area contributed by atoms with E-state index in [4.69, 9.17) is 16.3 Å². The van der Waals surface area contributed by atoms with Crippen LogP contribution in [0.15, 0.2) is 48.5 Å². The van der Waals surface area contributed by atoms with Gasteiger partial charge in [0.15, 0.2) is 6.61 Å². The summed E-state index contributed by atoms with van der Waals surface area (Å²) < 4.78 is 33.0. The van der Waals surface area contributed by atoms with Gasteiger partial charge in [0.1, 0.15) is 5.75 Å². The fourth-order valence-electron chi connectivity index (χ4n) is 1.86. The van der Waals surface area contributed by atoms with Gasteiger partial charge in [-0.15, -0.1) is 0 Å². The predicted octanol–water partition coefficient (Wildman–Crippen LogP) is 3.05. The molecule has 2 aromatic rings. The summed E-state index contributed by atoms with van der Waals surface area (Å²) >= 11 is 5.83. The smallest absolute Gasteiger partial charge is 0.387 e. The number of carbonyl (C=O) groups excluding carboxylic acids is 3. The highest BCUT2D eigenvalue weighted by molar-refractivity contribution is 6.33. The molecular formula is C17H12ClF2NO5. The van der Waals surface area contributed by atoms with Gasteiger partial charge in [-0.05, 0) is 36.4 Å². The highest BCUT2D eigenvalue weighted by Crippen LogP contribution is 2.16. The first-order valence-electron chi connectivity index (χ1n) is 7.17. The fraction of sp³-hybridized carbons (Fsp3) is 0.118. The SMILES string of the molecule is O=C(COC(=O)c1ccccc1Cl)NC(=O)c1ccc(OC(F)F)cc1. The second-order valence-electron chi connectivity index (χ2n) is 4.84. The van der Waals surface area contributed by atoms with Crippen molar-refractivity contribution < 1.29 is 32.6 Å². The van der Waals surface area contributed by atoms with Crippen LogP contribution in [-0.4, -0.2) is 31.0 Å². The number of imide groups is 1. The summed E-state index contributed by atoms with van der Waals surface area (Å²) in [6, 6.07) is 10.8. The minimum atomic E-state index is -2.98. The summed E-state index contributed by atoms with van der Waals surface area (Å²) in [4.78, 5) is 35.4. The Morgan fingerprint density at radius 1 is 1.04 bits per heavy atom. The Kier molecular flexibility index (Phi) is 6.62. The number of halogens is 3. The van der Waals surface area contributed by atoms with Crippen molar-refractivity contribution >= 4 is 29.4 Å². The molecule has 136 valence electrons. The molecule has 0 heterocycles. The van der Waals surface area contributed by atoms with Crippen molar-refractivity contribution in [1.29, 1.82) is 0 Å². The van der Waals surface area contributed by atoms with Crippen LogP contribution < -0.4 is 10.1 Å². The van der Waals surface area contributed by atoms with E-state index < -0.39 is 31.0 Å². The van der Waals surface area contributed by atoms with Crippen LogP contribution in [0.1, 0.15) is 20.7 Å². The van der Waals surface area contributed by atoms with E-state index in [1.54, 1.807) is 12.1 Å². The van der Waals surface area contributed by atoms with Crippen molar-refractivity contribution in [2.24, 2.45) is 0 Å². The minimum absolute atomic E-state index is 0.0393. The highest BCUT2D eigenvalue weighted by Gasteiger charge is 2.15. The summed E-state index contributed by atoms with van der Waals surface area (Å²) in [5, 5.41) is 2.17. The number of rotatable bonds is 6. The zero-order valence-electron chi connectivity index (χ0n) is 13.1. The Morgan fingerprint density at radius 2 is 1.69 bits per heavy atom. The van der Waals surface area contributed by atoms with Gasteiger partial charge in [0.05, 0.1) is 10.6 Å². The van der Waals surface area contributed by atoms with Crippen molar-refractivity contribution in [3.8, 4) is 5.75 Å². The van der Waals surface area contributed by atoms with Gasteiger partial charge in [0, 0.05) is 5.56 Å². The molecule has 1 N–H and O–H groups in total. The quantitative estimate of drug-likeness (QED) is 0.775. The van der Waals surface area contributed by atoms with E-state index in [1.807, 2.05) is 5.32 Å². The first-order chi connectivity index (χ1) is 12.4. The van der Waals surface area contributed by atoms with Crippen molar-refractivity contribution in [3.05, 3.63) is 64.7 Å². The predicted molar refractivity (Wildman–Crippen MR) is 87.3 cm³/mol. The van der Waals surface area contributed by atoms with Crippen LogP contribution in [0.2, 0.25) is 5.02 Å². The van der Waals surface area contributed by atoms with Crippen LogP contribution in [-0.2, 0) is 9.53 Å². The molecule has 0 aliphatic heterocycles. The van der Waals surface area contributed by atoms with Gasteiger partial charge in [-0.2, -0.15) is 8.78 Å². The Hall–Kier alpha value is -3.00. The van der Waals surface area contributed by atoms with E-state index >= 15 is 0 Å². The van der Waals surface area contributed by atoms with Gasteiger partial charge in [-0.3, -0.25) is 14.9 Å². The first-order valence-corrected chi connectivity index (χ1v) is 7.55. The van der Waals surface area contributed by atoms with Crippen molar-refractivity contribution in [2.45, 2.75) is 6.61 Å². The molecule has 26 heavy (non-hydrogen) atoms. The van der Waals surface area contributed by atoms with Crippen molar-refractivity contribution in [1.82, 2.24) is 5.32 Å². The van der Waals surface area contributed by atoms with E-state index in [0.29, 0.717) is 0 Å². The zero-order valence-corrected chi connectivity index (χ0v) is 13.8. The van der Waals surface area contributed by atoms with Crippen molar-refractivity contribution in [3.63, 3.8) is 0 Å². The molecule has 2 amide bonds. The number of carbonyl (C=O) groups is 3. The summed E-state index contributed by atoms with van der Waals surface area (Å²) in [6.45, 7) is -3.67. The normalized spacial score (nSPS) is 10.3. The van der Waals surface area contributed by atoms with E-state index in [1.165, 1.54) is 24.3 Å². The van der Waals surface area contributed by atoms with Gasteiger partial charge < -0.3 is 9.47 Å². The molecule has 0 bridgehead atoms. The second-order valence-corrected chi connectivity index (χ2v) is 5.24. The second kappa shape index (κ2) is 8.91. The summed E-state index contributed by atoms with van der Waals surface area (Å²) in [6.07, 6.45) is 0. The van der Waals surface area contributed by atoms with Crippen LogP contribution in [0.5, 0.6) is 5.75 Å². The molecule has 0 aliphatic rings. The lowest BCUT2D eigenvalue weighted by Gasteiger charge is -2.08. The molecule has 0 saturated carbocycles. The summed E-state index contributed by atoms with van der Waals surface area (Å²) in [5.74, 6) is -2.58. The maximum absolute atomic E-state index is 12.1. The van der Waals surface area contributed by atoms with E-state index in [2.05, 4.69) is 4.74 Å². The summed E-state index contributed by atoms with van der Waals surface area (Å²) in [5.41, 5.74) is 0.125. The lowest BCUT2D eigenvalue weighted by atomic mass is 10.2.